The summed E-state index contributed by atoms with van der Waals surface area (Å²) in [7, 11) is -2.53. The lowest BCUT2D eigenvalue weighted by atomic mass is 9.89. The van der Waals surface area contributed by atoms with Gasteiger partial charge >= 0.3 is 5.97 Å². The van der Waals surface area contributed by atoms with E-state index in [2.05, 4.69) is 31.8 Å². The van der Waals surface area contributed by atoms with Crippen LogP contribution in [0.2, 0.25) is 0 Å². The highest BCUT2D eigenvalue weighted by atomic mass is 32.2. The standard InChI is InChI=1S/C24H33N3O5S2/c1-17(2)23(28)26-20-7-4-6-19(16-20)18-8-13-27(14-9-18)12-5-11-25-34(30,31)21-10-15-33-22(21)24(29)32-3/h4,6-7,10,15-18,25H,5,8-9,11-14H2,1-3H3,(H,26,28). The smallest absolute Gasteiger partial charge is 0.349 e. The van der Waals surface area contributed by atoms with Crippen molar-refractivity contribution in [2.75, 3.05) is 38.6 Å². The summed E-state index contributed by atoms with van der Waals surface area (Å²) in [6.45, 7) is 6.74. The third kappa shape index (κ3) is 6.88. The monoisotopic (exact) mass is 507 g/mol. The Morgan fingerprint density at radius 1 is 1.21 bits per heavy atom. The van der Waals surface area contributed by atoms with Gasteiger partial charge in [0, 0.05) is 18.2 Å². The summed E-state index contributed by atoms with van der Waals surface area (Å²) >= 11 is 1.05. The molecule has 0 spiro atoms. The molecule has 1 amide bonds. The number of methoxy groups -OCH3 is 1. The van der Waals surface area contributed by atoms with Crippen molar-refractivity contribution in [1.82, 2.24) is 9.62 Å². The summed E-state index contributed by atoms with van der Waals surface area (Å²) in [5, 5.41) is 4.54. The molecule has 186 valence electrons. The molecule has 0 atom stereocenters. The van der Waals surface area contributed by atoms with Crippen LogP contribution in [0.3, 0.4) is 0 Å². The van der Waals surface area contributed by atoms with Gasteiger partial charge in [-0.1, -0.05) is 26.0 Å². The van der Waals surface area contributed by atoms with E-state index in [0.29, 0.717) is 18.9 Å². The fourth-order valence-electron chi connectivity index (χ4n) is 3.98. The first-order valence-electron chi connectivity index (χ1n) is 11.5. The number of rotatable bonds is 10. The van der Waals surface area contributed by atoms with Crippen molar-refractivity contribution in [3.63, 3.8) is 0 Å². The molecule has 1 aliphatic rings. The molecule has 1 aliphatic heterocycles. The Morgan fingerprint density at radius 3 is 2.62 bits per heavy atom. The molecule has 3 rings (SSSR count). The van der Waals surface area contributed by atoms with Crippen LogP contribution in [0.1, 0.15) is 54.3 Å². The molecule has 2 N–H and O–H groups in total. The Kier molecular flexibility index (Phi) is 9.24. The van der Waals surface area contributed by atoms with E-state index in [1.165, 1.54) is 18.7 Å². The van der Waals surface area contributed by atoms with Crippen molar-refractivity contribution in [2.45, 2.75) is 43.9 Å². The molecule has 0 saturated carbocycles. The first kappa shape index (κ1) is 26.3. The molecular weight excluding hydrogens is 474 g/mol. The number of piperidine rings is 1. The summed E-state index contributed by atoms with van der Waals surface area (Å²) in [5.74, 6) is -0.244. The van der Waals surface area contributed by atoms with Crippen LogP contribution in [0.5, 0.6) is 0 Å². The van der Waals surface area contributed by atoms with Gasteiger partial charge in [-0.2, -0.15) is 0 Å². The van der Waals surface area contributed by atoms with Crippen LogP contribution in [-0.4, -0.2) is 58.5 Å². The summed E-state index contributed by atoms with van der Waals surface area (Å²) in [6.07, 6.45) is 2.72. The van der Waals surface area contributed by atoms with E-state index in [1.807, 2.05) is 26.0 Å². The van der Waals surface area contributed by atoms with E-state index < -0.39 is 16.0 Å². The van der Waals surface area contributed by atoms with Gasteiger partial charge < -0.3 is 15.0 Å². The quantitative estimate of drug-likeness (QED) is 0.376. The first-order chi connectivity index (χ1) is 16.2. The van der Waals surface area contributed by atoms with Gasteiger partial charge in [0.2, 0.25) is 15.9 Å². The molecule has 1 aromatic heterocycles. The highest BCUT2D eigenvalue weighted by molar-refractivity contribution is 7.89. The topological polar surface area (TPSA) is 105 Å². The van der Waals surface area contributed by atoms with Crippen molar-refractivity contribution in [3.05, 3.63) is 46.2 Å². The van der Waals surface area contributed by atoms with Gasteiger partial charge in [0.05, 0.1) is 7.11 Å². The second-order valence-corrected chi connectivity index (χ2v) is 11.4. The minimum absolute atomic E-state index is 0.0168. The SMILES string of the molecule is COC(=O)c1sccc1S(=O)(=O)NCCCN1CCC(c2cccc(NC(=O)C(C)C)c2)CC1. The third-order valence-corrected chi connectivity index (χ3v) is 8.50. The van der Waals surface area contributed by atoms with E-state index in [-0.39, 0.29) is 21.6 Å². The molecule has 10 heteroatoms. The van der Waals surface area contributed by atoms with E-state index in [4.69, 9.17) is 0 Å². The molecule has 0 unspecified atom stereocenters. The van der Waals surface area contributed by atoms with Crippen LogP contribution in [0.4, 0.5) is 5.69 Å². The van der Waals surface area contributed by atoms with E-state index in [0.717, 1.165) is 49.5 Å². The van der Waals surface area contributed by atoms with Crippen LogP contribution >= 0.6 is 11.3 Å². The van der Waals surface area contributed by atoms with Crippen molar-refractivity contribution in [3.8, 4) is 0 Å². The maximum atomic E-state index is 12.6. The number of likely N-dealkylation sites (tertiary alicyclic amines) is 1. The Balaban J connectivity index is 1.44. The number of sulfonamides is 1. The molecule has 0 radical (unpaired) electrons. The molecule has 2 heterocycles. The average Bonchev–Trinajstić information content (AvgIpc) is 3.33. The van der Waals surface area contributed by atoms with Gasteiger partial charge in [-0.3, -0.25) is 4.79 Å². The number of carbonyl (C=O) groups is 2. The number of nitrogens with one attached hydrogen (secondary N) is 2. The number of benzene rings is 1. The Bertz CT molecular complexity index is 1090. The number of esters is 1. The van der Waals surface area contributed by atoms with Crippen molar-refractivity contribution >= 4 is 38.9 Å². The van der Waals surface area contributed by atoms with Crippen molar-refractivity contribution in [2.24, 2.45) is 5.92 Å². The summed E-state index contributed by atoms with van der Waals surface area (Å²) in [4.78, 5) is 26.2. The fourth-order valence-corrected chi connectivity index (χ4v) is 6.39. The van der Waals surface area contributed by atoms with Crippen molar-refractivity contribution in [1.29, 1.82) is 0 Å². The zero-order valence-electron chi connectivity index (χ0n) is 19.9. The number of nitrogens with zero attached hydrogens (tertiary/aromatic N) is 1. The normalized spacial score (nSPS) is 15.4. The van der Waals surface area contributed by atoms with Gasteiger partial charge in [0.25, 0.3) is 0 Å². The maximum Gasteiger partial charge on any atom is 0.349 e. The zero-order valence-corrected chi connectivity index (χ0v) is 21.5. The summed E-state index contributed by atoms with van der Waals surface area (Å²) in [5.41, 5.74) is 2.08. The molecule has 1 saturated heterocycles. The molecule has 1 fully saturated rings. The average molecular weight is 508 g/mol. The van der Waals surface area contributed by atoms with Crippen LogP contribution in [0.15, 0.2) is 40.6 Å². The highest BCUT2D eigenvalue weighted by Gasteiger charge is 2.25. The second-order valence-electron chi connectivity index (χ2n) is 8.74. The van der Waals surface area contributed by atoms with E-state index >= 15 is 0 Å². The number of ether oxygens (including phenoxy) is 1. The zero-order chi connectivity index (χ0) is 24.7. The second kappa shape index (κ2) is 11.9. The molecule has 1 aromatic carbocycles. The number of amides is 1. The van der Waals surface area contributed by atoms with Crippen LogP contribution < -0.4 is 10.0 Å². The lowest BCUT2D eigenvalue weighted by Gasteiger charge is -2.32. The number of hydrogen-bond donors (Lipinski definition) is 2. The molecule has 0 bridgehead atoms. The molecular formula is C24H33N3O5S2. The minimum Gasteiger partial charge on any atom is -0.465 e. The van der Waals surface area contributed by atoms with E-state index in [9.17, 15) is 18.0 Å². The number of hydrogen-bond acceptors (Lipinski definition) is 7. The Labute approximate surface area is 205 Å². The number of carbonyl (C=O) groups excluding carboxylic acids is 2. The van der Waals surface area contributed by atoms with Gasteiger partial charge in [-0.05, 0) is 74.0 Å². The predicted molar refractivity (Wildman–Crippen MR) is 134 cm³/mol. The molecule has 8 nitrogen and oxygen atoms in total. The lowest BCUT2D eigenvalue weighted by Crippen LogP contribution is -2.35. The summed E-state index contributed by atoms with van der Waals surface area (Å²) < 4.78 is 32.4. The molecule has 2 aromatic rings. The van der Waals surface area contributed by atoms with E-state index in [1.54, 1.807) is 5.38 Å². The molecule has 0 aliphatic carbocycles. The first-order valence-corrected chi connectivity index (χ1v) is 13.9. The Hall–Kier alpha value is -2.27. The number of thiophene rings is 1. The van der Waals surface area contributed by atoms with Crippen LogP contribution in [0.25, 0.3) is 0 Å². The van der Waals surface area contributed by atoms with Gasteiger partial charge in [0.15, 0.2) is 0 Å². The van der Waals surface area contributed by atoms with Crippen LogP contribution in [0, 0.1) is 5.92 Å². The van der Waals surface area contributed by atoms with Gasteiger partial charge in [0.1, 0.15) is 9.77 Å². The highest BCUT2D eigenvalue weighted by Crippen LogP contribution is 2.30. The van der Waals surface area contributed by atoms with Crippen LogP contribution in [-0.2, 0) is 19.6 Å². The third-order valence-electron chi connectivity index (χ3n) is 5.97. The van der Waals surface area contributed by atoms with Gasteiger partial charge in [-0.25, -0.2) is 17.9 Å². The molecule has 34 heavy (non-hydrogen) atoms. The largest absolute Gasteiger partial charge is 0.465 e. The fraction of sp³-hybridized carbons (Fsp3) is 0.500. The van der Waals surface area contributed by atoms with Gasteiger partial charge in [-0.15, -0.1) is 11.3 Å². The summed E-state index contributed by atoms with van der Waals surface area (Å²) in [6, 6.07) is 9.52. The Morgan fingerprint density at radius 2 is 1.94 bits per heavy atom. The predicted octanol–water partition coefficient (Wildman–Crippen LogP) is 3.68. The maximum absolute atomic E-state index is 12.6. The number of anilines is 1. The van der Waals surface area contributed by atoms with Crippen molar-refractivity contribution < 1.29 is 22.7 Å². The minimum atomic E-state index is -3.76. The lowest BCUT2D eigenvalue weighted by molar-refractivity contribution is -0.118.